The van der Waals surface area contributed by atoms with Crippen molar-refractivity contribution in [2.75, 3.05) is 36.4 Å². The van der Waals surface area contributed by atoms with Gasteiger partial charge in [0.15, 0.2) is 5.82 Å². The lowest BCUT2D eigenvalue weighted by atomic mass is 10.2. The topological polar surface area (TPSA) is 61.4 Å². The summed E-state index contributed by atoms with van der Waals surface area (Å²) in [7, 11) is 0. The summed E-state index contributed by atoms with van der Waals surface area (Å²) in [6, 6.07) is 24.0. The second-order valence-electron chi connectivity index (χ2n) is 7.17. The maximum Gasteiger partial charge on any atom is 0.246 e. The van der Waals surface area contributed by atoms with Crippen molar-refractivity contribution in [1.82, 2.24) is 15.1 Å². The summed E-state index contributed by atoms with van der Waals surface area (Å²) in [6.07, 6.45) is 3.51. The summed E-state index contributed by atoms with van der Waals surface area (Å²) in [6.45, 7) is 3.56. The number of aromatic nitrogens is 2. The first kappa shape index (κ1) is 19.6. The molecule has 1 aliphatic rings. The van der Waals surface area contributed by atoms with Crippen LogP contribution in [0.5, 0.6) is 0 Å². The standard InChI is InChI=1S/C24H25N5O/c30-24(14-11-20-7-3-1-4-8-20)29-17-15-28(16-18-29)23-13-12-22(26-27-23)25-19-21-9-5-2-6-10-21/h1-14H,15-19H2,(H,25,26)/b14-11+. The summed E-state index contributed by atoms with van der Waals surface area (Å²) in [5, 5.41) is 11.9. The predicted molar refractivity (Wildman–Crippen MR) is 120 cm³/mol. The molecule has 0 aliphatic carbocycles. The van der Waals surface area contributed by atoms with Gasteiger partial charge in [-0.15, -0.1) is 10.2 Å². The van der Waals surface area contributed by atoms with E-state index in [1.807, 2.05) is 71.6 Å². The highest BCUT2D eigenvalue weighted by Crippen LogP contribution is 2.15. The maximum atomic E-state index is 12.4. The van der Waals surface area contributed by atoms with Gasteiger partial charge in [0.25, 0.3) is 0 Å². The molecule has 0 atom stereocenters. The number of nitrogens with one attached hydrogen (secondary N) is 1. The van der Waals surface area contributed by atoms with Gasteiger partial charge < -0.3 is 15.1 Å². The fourth-order valence-corrected chi connectivity index (χ4v) is 3.37. The fraction of sp³-hybridized carbons (Fsp3) is 0.208. The minimum absolute atomic E-state index is 0.0463. The van der Waals surface area contributed by atoms with Gasteiger partial charge >= 0.3 is 0 Å². The Hall–Kier alpha value is -3.67. The molecule has 1 aromatic heterocycles. The molecule has 2 aromatic carbocycles. The third-order valence-electron chi connectivity index (χ3n) is 5.10. The van der Waals surface area contributed by atoms with Crippen LogP contribution < -0.4 is 10.2 Å². The fourth-order valence-electron chi connectivity index (χ4n) is 3.37. The first-order chi connectivity index (χ1) is 14.8. The van der Waals surface area contributed by atoms with E-state index in [1.54, 1.807) is 6.08 Å². The third kappa shape index (κ3) is 5.23. The number of carbonyl (C=O) groups excluding carboxylic acids is 1. The minimum Gasteiger partial charge on any atom is -0.365 e. The number of benzene rings is 2. The molecule has 1 aliphatic heterocycles. The number of hydrogen-bond donors (Lipinski definition) is 1. The molecule has 3 aromatic rings. The predicted octanol–water partition coefficient (Wildman–Crippen LogP) is 3.45. The van der Waals surface area contributed by atoms with Crippen LogP contribution in [0.3, 0.4) is 0 Å². The van der Waals surface area contributed by atoms with Gasteiger partial charge in [-0.3, -0.25) is 4.79 Å². The van der Waals surface area contributed by atoms with Crippen LogP contribution in [0, 0.1) is 0 Å². The Morgan fingerprint density at radius 2 is 1.57 bits per heavy atom. The first-order valence-electron chi connectivity index (χ1n) is 10.2. The van der Waals surface area contributed by atoms with Crippen molar-refractivity contribution in [3.05, 3.63) is 90.0 Å². The van der Waals surface area contributed by atoms with E-state index in [-0.39, 0.29) is 5.91 Å². The zero-order valence-corrected chi connectivity index (χ0v) is 16.8. The van der Waals surface area contributed by atoms with E-state index in [0.717, 1.165) is 30.3 Å². The van der Waals surface area contributed by atoms with Crippen molar-refractivity contribution in [2.45, 2.75) is 6.54 Å². The van der Waals surface area contributed by atoms with E-state index >= 15 is 0 Å². The average Bonchev–Trinajstić information content (AvgIpc) is 2.83. The number of nitrogens with zero attached hydrogens (tertiary/aromatic N) is 4. The van der Waals surface area contributed by atoms with E-state index in [1.165, 1.54) is 5.56 Å². The number of anilines is 2. The largest absolute Gasteiger partial charge is 0.365 e. The van der Waals surface area contributed by atoms with E-state index in [4.69, 9.17) is 0 Å². The molecular weight excluding hydrogens is 374 g/mol. The molecule has 152 valence electrons. The van der Waals surface area contributed by atoms with Crippen molar-refractivity contribution in [3.63, 3.8) is 0 Å². The number of rotatable bonds is 6. The molecule has 1 amide bonds. The van der Waals surface area contributed by atoms with Gasteiger partial charge in [0, 0.05) is 38.8 Å². The van der Waals surface area contributed by atoms with Gasteiger partial charge in [-0.25, -0.2) is 0 Å². The molecular formula is C24H25N5O. The van der Waals surface area contributed by atoms with Gasteiger partial charge in [0.1, 0.15) is 5.82 Å². The van der Waals surface area contributed by atoms with Gasteiger partial charge in [0.2, 0.25) is 5.91 Å². The Bertz CT molecular complexity index is 965. The molecule has 0 radical (unpaired) electrons. The van der Waals surface area contributed by atoms with Gasteiger partial charge in [0.05, 0.1) is 0 Å². The van der Waals surface area contributed by atoms with Crippen LogP contribution in [0.4, 0.5) is 11.6 Å². The van der Waals surface area contributed by atoms with Crippen molar-refractivity contribution < 1.29 is 4.79 Å². The number of carbonyl (C=O) groups is 1. The van der Waals surface area contributed by atoms with Crippen LogP contribution in [0.25, 0.3) is 6.08 Å². The molecule has 1 saturated heterocycles. The molecule has 6 heteroatoms. The van der Waals surface area contributed by atoms with Crippen LogP contribution in [0.15, 0.2) is 78.9 Å². The molecule has 2 heterocycles. The summed E-state index contributed by atoms with van der Waals surface area (Å²) >= 11 is 0. The minimum atomic E-state index is 0.0463. The highest BCUT2D eigenvalue weighted by atomic mass is 16.2. The van der Waals surface area contributed by atoms with Crippen LogP contribution >= 0.6 is 0 Å². The van der Waals surface area contributed by atoms with E-state index < -0.39 is 0 Å². The SMILES string of the molecule is O=C(/C=C/c1ccccc1)N1CCN(c2ccc(NCc3ccccc3)nn2)CC1. The van der Waals surface area contributed by atoms with Crippen LogP contribution in [-0.4, -0.2) is 47.2 Å². The van der Waals surface area contributed by atoms with Gasteiger partial charge in [-0.05, 0) is 29.3 Å². The zero-order valence-electron chi connectivity index (χ0n) is 16.8. The summed E-state index contributed by atoms with van der Waals surface area (Å²) in [4.78, 5) is 16.5. The second kappa shape index (κ2) is 9.69. The molecule has 0 bridgehead atoms. The molecule has 30 heavy (non-hydrogen) atoms. The Kier molecular flexibility index (Phi) is 6.35. The van der Waals surface area contributed by atoms with Crippen molar-refractivity contribution in [2.24, 2.45) is 0 Å². The Morgan fingerprint density at radius 3 is 2.23 bits per heavy atom. The molecule has 1 fully saturated rings. The Morgan fingerprint density at radius 1 is 0.867 bits per heavy atom. The summed E-state index contributed by atoms with van der Waals surface area (Å²) < 4.78 is 0. The normalized spacial score (nSPS) is 14.1. The second-order valence-corrected chi connectivity index (χ2v) is 7.17. The number of piperazine rings is 1. The summed E-state index contributed by atoms with van der Waals surface area (Å²) in [5.74, 6) is 1.64. The highest BCUT2D eigenvalue weighted by molar-refractivity contribution is 5.91. The van der Waals surface area contributed by atoms with Gasteiger partial charge in [-0.2, -0.15) is 0 Å². The molecule has 6 nitrogen and oxygen atoms in total. The highest BCUT2D eigenvalue weighted by Gasteiger charge is 2.20. The quantitative estimate of drug-likeness (QED) is 0.644. The molecule has 0 spiro atoms. The van der Waals surface area contributed by atoms with Crippen molar-refractivity contribution in [1.29, 1.82) is 0 Å². The van der Waals surface area contributed by atoms with E-state index in [2.05, 4.69) is 32.5 Å². The lowest BCUT2D eigenvalue weighted by Gasteiger charge is -2.34. The molecule has 4 rings (SSSR count). The summed E-state index contributed by atoms with van der Waals surface area (Å²) in [5.41, 5.74) is 2.23. The average molecular weight is 399 g/mol. The maximum absolute atomic E-state index is 12.4. The molecule has 1 N–H and O–H groups in total. The molecule has 0 unspecified atom stereocenters. The van der Waals surface area contributed by atoms with Crippen molar-refractivity contribution >= 4 is 23.6 Å². The zero-order chi connectivity index (χ0) is 20.6. The van der Waals surface area contributed by atoms with Crippen LogP contribution in [0.2, 0.25) is 0 Å². The first-order valence-corrected chi connectivity index (χ1v) is 10.2. The Balaban J connectivity index is 1.26. The van der Waals surface area contributed by atoms with Crippen LogP contribution in [0.1, 0.15) is 11.1 Å². The monoisotopic (exact) mass is 399 g/mol. The van der Waals surface area contributed by atoms with Crippen LogP contribution in [-0.2, 0) is 11.3 Å². The number of hydrogen-bond acceptors (Lipinski definition) is 5. The smallest absolute Gasteiger partial charge is 0.246 e. The lowest BCUT2D eigenvalue weighted by molar-refractivity contribution is -0.126. The lowest BCUT2D eigenvalue weighted by Crippen LogP contribution is -2.48. The van der Waals surface area contributed by atoms with E-state index in [0.29, 0.717) is 19.6 Å². The van der Waals surface area contributed by atoms with Gasteiger partial charge in [-0.1, -0.05) is 60.7 Å². The third-order valence-corrected chi connectivity index (χ3v) is 5.10. The Labute approximate surface area is 176 Å². The molecule has 0 saturated carbocycles. The number of amides is 1. The van der Waals surface area contributed by atoms with E-state index in [9.17, 15) is 4.79 Å². The van der Waals surface area contributed by atoms with Crippen molar-refractivity contribution in [3.8, 4) is 0 Å².